The lowest BCUT2D eigenvalue weighted by molar-refractivity contribution is -0.141. The molecule has 2 heterocycles. The average Bonchev–Trinajstić information content (AvgIpc) is 2.82. The Morgan fingerprint density at radius 3 is 2.65 bits per heavy atom. The van der Waals surface area contributed by atoms with Crippen LogP contribution in [0.25, 0.3) is 0 Å². The maximum atomic E-state index is 12.4. The van der Waals surface area contributed by atoms with Crippen molar-refractivity contribution in [2.45, 2.75) is 38.3 Å². The van der Waals surface area contributed by atoms with E-state index in [9.17, 15) is 9.59 Å². The van der Waals surface area contributed by atoms with Crippen molar-refractivity contribution < 1.29 is 14.7 Å². The van der Waals surface area contributed by atoms with Crippen LogP contribution in [0.1, 0.15) is 26.7 Å². The lowest BCUT2D eigenvalue weighted by Gasteiger charge is -2.35. The number of thioether (sulfide) groups is 1. The van der Waals surface area contributed by atoms with Crippen molar-refractivity contribution in [3.63, 3.8) is 0 Å². The van der Waals surface area contributed by atoms with E-state index in [1.807, 2.05) is 18.7 Å². The monoisotopic (exact) mass is 258 g/mol. The number of amides is 2. The minimum Gasteiger partial charge on any atom is -0.480 e. The van der Waals surface area contributed by atoms with Crippen LogP contribution in [0.15, 0.2) is 0 Å². The van der Waals surface area contributed by atoms with Gasteiger partial charge in [0.2, 0.25) is 0 Å². The molecule has 0 saturated carbocycles. The largest absolute Gasteiger partial charge is 0.480 e. The molecular formula is C11H18N2O3S. The summed E-state index contributed by atoms with van der Waals surface area (Å²) >= 11 is 1.50. The van der Waals surface area contributed by atoms with E-state index in [2.05, 4.69) is 0 Å². The second-order valence-electron chi connectivity index (χ2n) is 5.17. The number of carbonyl (C=O) groups is 2. The van der Waals surface area contributed by atoms with Crippen molar-refractivity contribution in [1.82, 2.24) is 9.80 Å². The number of likely N-dealkylation sites (tertiary alicyclic amines) is 1. The van der Waals surface area contributed by atoms with Gasteiger partial charge in [0.1, 0.15) is 6.04 Å². The molecule has 0 aromatic rings. The lowest BCUT2D eigenvalue weighted by atomic mass is 10.0. The highest BCUT2D eigenvalue weighted by molar-refractivity contribution is 7.99. The van der Waals surface area contributed by atoms with E-state index in [-0.39, 0.29) is 11.6 Å². The first-order chi connectivity index (χ1) is 7.93. The Labute approximate surface area is 105 Å². The number of rotatable bonds is 1. The normalized spacial score (nSPS) is 27.5. The van der Waals surface area contributed by atoms with Gasteiger partial charge in [-0.1, -0.05) is 0 Å². The number of urea groups is 1. The topological polar surface area (TPSA) is 60.9 Å². The highest BCUT2D eigenvalue weighted by atomic mass is 32.2. The van der Waals surface area contributed by atoms with Crippen LogP contribution < -0.4 is 0 Å². The van der Waals surface area contributed by atoms with Gasteiger partial charge in [0.25, 0.3) is 0 Å². The molecule has 1 atom stereocenters. The average molecular weight is 258 g/mol. The highest BCUT2D eigenvalue weighted by Crippen LogP contribution is 2.31. The van der Waals surface area contributed by atoms with Gasteiger partial charge in [-0.05, 0) is 26.7 Å². The van der Waals surface area contributed by atoms with E-state index in [1.165, 1.54) is 16.7 Å². The van der Waals surface area contributed by atoms with Crippen molar-refractivity contribution in [2.75, 3.05) is 18.2 Å². The van der Waals surface area contributed by atoms with Gasteiger partial charge in [-0.25, -0.2) is 9.59 Å². The van der Waals surface area contributed by atoms with Crippen LogP contribution in [0.2, 0.25) is 0 Å². The number of hydrogen-bond acceptors (Lipinski definition) is 3. The number of carboxylic acid groups (broad SMARTS) is 1. The van der Waals surface area contributed by atoms with Crippen LogP contribution in [0, 0.1) is 0 Å². The van der Waals surface area contributed by atoms with Crippen molar-refractivity contribution in [3.05, 3.63) is 0 Å². The summed E-state index contributed by atoms with van der Waals surface area (Å²) in [6.45, 7) is 4.81. The van der Waals surface area contributed by atoms with E-state index >= 15 is 0 Å². The van der Waals surface area contributed by atoms with E-state index in [4.69, 9.17) is 5.11 Å². The van der Waals surface area contributed by atoms with Gasteiger partial charge in [0.05, 0.1) is 5.88 Å². The molecule has 0 aromatic carbocycles. The Bertz CT molecular complexity index is 346. The first-order valence-corrected chi connectivity index (χ1v) is 6.98. The zero-order valence-corrected chi connectivity index (χ0v) is 11.0. The smallest absolute Gasteiger partial charge is 0.327 e. The fourth-order valence-electron chi connectivity index (χ4n) is 2.45. The maximum absolute atomic E-state index is 12.4. The molecule has 6 heteroatoms. The minimum atomic E-state index is -0.902. The molecule has 17 heavy (non-hydrogen) atoms. The predicted octanol–water partition coefficient (Wildman–Crippen LogP) is 1.44. The van der Waals surface area contributed by atoms with Gasteiger partial charge in [0, 0.05) is 17.8 Å². The zero-order valence-electron chi connectivity index (χ0n) is 10.2. The van der Waals surface area contributed by atoms with Crippen LogP contribution in [-0.4, -0.2) is 56.7 Å². The van der Waals surface area contributed by atoms with E-state index in [0.717, 1.165) is 19.4 Å². The Kier molecular flexibility index (Phi) is 3.25. The van der Waals surface area contributed by atoms with Crippen molar-refractivity contribution in [3.8, 4) is 0 Å². The number of carbonyl (C=O) groups excluding carboxylic acids is 1. The fraction of sp³-hybridized carbons (Fsp3) is 0.818. The molecule has 2 aliphatic heterocycles. The minimum absolute atomic E-state index is 0.120. The number of hydrogen-bond donors (Lipinski definition) is 1. The molecular weight excluding hydrogens is 240 g/mol. The van der Waals surface area contributed by atoms with Crippen molar-refractivity contribution >= 4 is 23.8 Å². The Morgan fingerprint density at radius 1 is 1.41 bits per heavy atom. The Morgan fingerprint density at radius 2 is 2.12 bits per heavy atom. The summed E-state index contributed by atoms with van der Waals surface area (Å²) in [6, 6.07) is -0.784. The molecule has 2 saturated heterocycles. The Balaban J connectivity index is 2.12. The molecule has 2 fully saturated rings. The molecule has 2 amide bonds. The summed E-state index contributed by atoms with van der Waals surface area (Å²) in [4.78, 5) is 26.7. The van der Waals surface area contributed by atoms with Crippen LogP contribution in [0.3, 0.4) is 0 Å². The number of carboxylic acids is 1. The van der Waals surface area contributed by atoms with Gasteiger partial charge in [-0.2, -0.15) is 0 Å². The predicted molar refractivity (Wildman–Crippen MR) is 66.0 cm³/mol. The Hall–Kier alpha value is -0.910. The third kappa shape index (κ3) is 2.22. The van der Waals surface area contributed by atoms with Gasteiger partial charge in [0.15, 0.2) is 0 Å². The summed E-state index contributed by atoms with van der Waals surface area (Å²) in [5.74, 6) is 0.0814. The third-order valence-corrected chi connectivity index (χ3v) is 4.56. The summed E-state index contributed by atoms with van der Waals surface area (Å²) in [5, 5.41) is 9.08. The molecule has 0 bridgehead atoms. The van der Waals surface area contributed by atoms with E-state index in [1.54, 1.807) is 0 Å². The molecule has 2 aliphatic rings. The maximum Gasteiger partial charge on any atom is 0.327 e. The van der Waals surface area contributed by atoms with Gasteiger partial charge in [-0.15, -0.1) is 11.8 Å². The van der Waals surface area contributed by atoms with Gasteiger partial charge in [-0.3, -0.25) is 0 Å². The molecule has 1 unspecified atom stereocenters. The first kappa shape index (κ1) is 12.5. The molecule has 0 spiro atoms. The summed E-state index contributed by atoms with van der Waals surface area (Å²) in [5.41, 5.74) is -0.145. The SMILES string of the molecule is CC1(C)CCCN1C(=O)N1CSCC1C(=O)O. The molecule has 0 aromatic heterocycles. The second kappa shape index (κ2) is 4.40. The van der Waals surface area contributed by atoms with Crippen LogP contribution in [0.4, 0.5) is 4.79 Å². The molecule has 1 N–H and O–H groups in total. The lowest BCUT2D eigenvalue weighted by Crippen LogP contribution is -2.53. The van der Waals surface area contributed by atoms with E-state index in [0.29, 0.717) is 11.6 Å². The van der Waals surface area contributed by atoms with E-state index < -0.39 is 12.0 Å². The molecule has 96 valence electrons. The van der Waals surface area contributed by atoms with Crippen molar-refractivity contribution in [2.24, 2.45) is 0 Å². The molecule has 2 rings (SSSR count). The summed E-state index contributed by atoms with van der Waals surface area (Å²) in [6.07, 6.45) is 1.98. The number of aliphatic carboxylic acids is 1. The zero-order chi connectivity index (χ0) is 12.6. The number of nitrogens with zero attached hydrogens (tertiary/aromatic N) is 2. The second-order valence-corrected chi connectivity index (χ2v) is 6.17. The van der Waals surface area contributed by atoms with Gasteiger partial charge < -0.3 is 14.9 Å². The molecule has 0 aliphatic carbocycles. The molecule has 0 radical (unpaired) electrons. The van der Waals surface area contributed by atoms with Crippen molar-refractivity contribution in [1.29, 1.82) is 0 Å². The quantitative estimate of drug-likeness (QED) is 0.773. The summed E-state index contributed by atoms with van der Waals surface area (Å²) in [7, 11) is 0. The highest BCUT2D eigenvalue weighted by Gasteiger charge is 2.42. The van der Waals surface area contributed by atoms with Crippen LogP contribution in [-0.2, 0) is 4.79 Å². The summed E-state index contributed by atoms with van der Waals surface area (Å²) < 4.78 is 0. The fourth-order valence-corrected chi connectivity index (χ4v) is 3.59. The van der Waals surface area contributed by atoms with Gasteiger partial charge >= 0.3 is 12.0 Å². The van der Waals surface area contributed by atoms with Crippen LogP contribution >= 0.6 is 11.8 Å². The van der Waals surface area contributed by atoms with Crippen LogP contribution in [0.5, 0.6) is 0 Å². The third-order valence-electron chi connectivity index (χ3n) is 3.54. The molecule has 5 nitrogen and oxygen atoms in total. The first-order valence-electron chi connectivity index (χ1n) is 5.82. The standard InChI is InChI=1S/C11H18N2O3S/c1-11(2)4-3-5-13(11)10(16)12-7-17-6-8(12)9(14)15/h8H,3-7H2,1-2H3,(H,14,15).